The van der Waals surface area contributed by atoms with Gasteiger partial charge < -0.3 is 10.6 Å². The topological polar surface area (TPSA) is 49.8 Å². The van der Waals surface area contributed by atoms with Crippen LogP contribution in [0, 0.1) is 0 Å². The van der Waals surface area contributed by atoms with Crippen LogP contribution in [0.4, 0.5) is 17.5 Å². The molecule has 4 rings (SSSR count). The summed E-state index contributed by atoms with van der Waals surface area (Å²) in [5, 5.41) is 6.76. The summed E-state index contributed by atoms with van der Waals surface area (Å²) in [6.07, 6.45) is 2.38. The van der Waals surface area contributed by atoms with Gasteiger partial charge >= 0.3 is 0 Å². The molecule has 1 aliphatic rings. The lowest BCUT2D eigenvalue weighted by atomic mass is 10.1. The highest BCUT2D eigenvalue weighted by atomic mass is 79.9. The van der Waals surface area contributed by atoms with Crippen LogP contribution >= 0.6 is 15.9 Å². The Morgan fingerprint density at radius 1 is 0.917 bits per heavy atom. The number of hydrogen-bond donors (Lipinski definition) is 2. The second-order valence-electron chi connectivity index (χ2n) is 5.88. The van der Waals surface area contributed by atoms with E-state index in [9.17, 15) is 0 Å². The minimum Gasteiger partial charge on any atom is -0.351 e. The van der Waals surface area contributed by atoms with Gasteiger partial charge in [-0.1, -0.05) is 52.3 Å². The lowest BCUT2D eigenvalue weighted by Crippen LogP contribution is -2.07. The number of hydrogen-bond acceptors (Lipinski definition) is 4. The fourth-order valence-corrected chi connectivity index (χ4v) is 2.86. The van der Waals surface area contributed by atoms with E-state index in [1.807, 2.05) is 48.5 Å². The van der Waals surface area contributed by atoms with Gasteiger partial charge in [0.2, 0.25) is 5.95 Å². The van der Waals surface area contributed by atoms with Gasteiger partial charge in [-0.05, 0) is 31.0 Å². The highest BCUT2D eigenvalue weighted by Crippen LogP contribution is 2.27. The molecule has 0 amide bonds. The molecule has 120 valence electrons. The Balaban J connectivity index is 1.69. The van der Waals surface area contributed by atoms with Crippen molar-refractivity contribution in [2.24, 2.45) is 0 Å². The fourth-order valence-electron chi connectivity index (χ4n) is 2.46. The molecule has 0 spiro atoms. The van der Waals surface area contributed by atoms with Crippen molar-refractivity contribution in [3.63, 3.8) is 0 Å². The number of halogens is 1. The second-order valence-corrected chi connectivity index (χ2v) is 6.80. The van der Waals surface area contributed by atoms with Crippen molar-refractivity contribution in [1.29, 1.82) is 0 Å². The van der Waals surface area contributed by atoms with Crippen molar-refractivity contribution in [2.45, 2.75) is 18.9 Å². The molecular formula is C19H17BrN4. The van der Waals surface area contributed by atoms with Crippen LogP contribution in [0.1, 0.15) is 12.8 Å². The molecule has 1 aromatic heterocycles. The molecule has 0 bridgehead atoms. The average molecular weight is 381 g/mol. The summed E-state index contributed by atoms with van der Waals surface area (Å²) in [7, 11) is 0. The van der Waals surface area contributed by atoms with Crippen LogP contribution in [0.5, 0.6) is 0 Å². The molecule has 0 radical (unpaired) electrons. The third-order valence-corrected chi connectivity index (χ3v) is 4.30. The van der Waals surface area contributed by atoms with Crippen molar-refractivity contribution in [2.75, 3.05) is 10.6 Å². The minimum atomic E-state index is 0.509. The first kappa shape index (κ1) is 15.1. The van der Waals surface area contributed by atoms with Crippen LogP contribution in [-0.4, -0.2) is 16.0 Å². The zero-order valence-electron chi connectivity index (χ0n) is 13.0. The number of nitrogens with zero attached hydrogens (tertiary/aromatic N) is 2. The Kier molecular flexibility index (Phi) is 4.17. The summed E-state index contributed by atoms with van der Waals surface area (Å²) in [6, 6.07) is 20.7. The van der Waals surface area contributed by atoms with E-state index in [2.05, 4.69) is 48.7 Å². The molecule has 5 heteroatoms. The maximum Gasteiger partial charge on any atom is 0.225 e. The molecule has 0 saturated heterocycles. The van der Waals surface area contributed by atoms with Gasteiger partial charge in [-0.15, -0.1) is 0 Å². The number of aromatic nitrogens is 2. The molecule has 0 unspecified atom stereocenters. The van der Waals surface area contributed by atoms with E-state index >= 15 is 0 Å². The number of benzene rings is 2. The summed E-state index contributed by atoms with van der Waals surface area (Å²) >= 11 is 3.50. The number of anilines is 3. The summed E-state index contributed by atoms with van der Waals surface area (Å²) in [6.45, 7) is 0. The van der Waals surface area contributed by atoms with E-state index in [0.717, 1.165) is 27.2 Å². The fraction of sp³-hybridized carbons (Fsp3) is 0.158. The first-order valence-corrected chi connectivity index (χ1v) is 8.79. The molecule has 1 heterocycles. The van der Waals surface area contributed by atoms with E-state index in [1.165, 1.54) is 12.8 Å². The molecule has 4 nitrogen and oxygen atoms in total. The van der Waals surface area contributed by atoms with Crippen molar-refractivity contribution in [3.05, 3.63) is 65.1 Å². The Morgan fingerprint density at radius 3 is 2.50 bits per heavy atom. The maximum absolute atomic E-state index is 4.67. The first-order valence-electron chi connectivity index (χ1n) is 8.00. The lowest BCUT2D eigenvalue weighted by molar-refractivity contribution is 1.06. The van der Waals surface area contributed by atoms with Gasteiger partial charge in [-0.3, -0.25) is 0 Å². The monoisotopic (exact) mass is 380 g/mol. The van der Waals surface area contributed by atoms with Gasteiger partial charge in [0, 0.05) is 27.8 Å². The van der Waals surface area contributed by atoms with Crippen LogP contribution in [0.3, 0.4) is 0 Å². The van der Waals surface area contributed by atoms with Gasteiger partial charge in [0.05, 0.1) is 5.69 Å². The third kappa shape index (κ3) is 3.74. The minimum absolute atomic E-state index is 0.509. The smallest absolute Gasteiger partial charge is 0.225 e. The molecule has 1 aliphatic carbocycles. The molecule has 0 aliphatic heterocycles. The molecule has 2 aromatic carbocycles. The standard InChI is InChI=1S/C19H17BrN4/c20-14-7-4-8-16(11-14)21-18-12-17(13-5-2-1-3-6-13)23-19(24-18)22-15-9-10-15/h1-8,11-12,15H,9-10H2,(H2,21,22,23,24). The first-order chi connectivity index (χ1) is 11.8. The highest BCUT2D eigenvalue weighted by molar-refractivity contribution is 9.10. The zero-order valence-corrected chi connectivity index (χ0v) is 14.6. The molecule has 3 aromatic rings. The van der Waals surface area contributed by atoms with Gasteiger partial charge in [0.15, 0.2) is 0 Å². The van der Waals surface area contributed by atoms with Crippen LogP contribution in [0.15, 0.2) is 65.1 Å². The molecule has 2 N–H and O–H groups in total. The maximum atomic E-state index is 4.67. The van der Waals surface area contributed by atoms with Gasteiger partial charge in [-0.2, -0.15) is 4.98 Å². The van der Waals surface area contributed by atoms with Crippen LogP contribution in [0.2, 0.25) is 0 Å². The molecule has 24 heavy (non-hydrogen) atoms. The Hall–Kier alpha value is -2.40. The van der Waals surface area contributed by atoms with E-state index < -0.39 is 0 Å². The Labute approximate surface area is 149 Å². The number of rotatable bonds is 5. The predicted molar refractivity (Wildman–Crippen MR) is 102 cm³/mol. The predicted octanol–water partition coefficient (Wildman–Crippen LogP) is 5.22. The SMILES string of the molecule is Brc1cccc(Nc2cc(-c3ccccc3)nc(NC3CC3)n2)c1. The summed E-state index contributed by atoms with van der Waals surface area (Å²) in [5.41, 5.74) is 2.97. The van der Waals surface area contributed by atoms with Crippen LogP contribution in [-0.2, 0) is 0 Å². The summed E-state index contributed by atoms with van der Waals surface area (Å²) < 4.78 is 1.03. The normalized spacial score (nSPS) is 13.5. The number of nitrogens with one attached hydrogen (secondary N) is 2. The van der Waals surface area contributed by atoms with Crippen molar-refractivity contribution in [3.8, 4) is 11.3 Å². The van der Waals surface area contributed by atoms with Crippen molar-refractivity contribution in [1.82, 2.24) is 9.97 Å². The quantitative estimate of drug-likeness (QED) is 0.636. The average Bonchev–Trinajstić information content (AvgIpc) is 3.39. The second kappa shape index (κ2) is 6.61. The van der Waals surface area contributed by atoms with Crippen molar-refractivity contribution >= 4 is 33.4 Å². The molecule has 1 fully saturated rings. The zero-order chi connectivity index (χ0) is 16.4. The van der Waals surface area contributed by atoms with Crippen molar-refractivity contribution < 1.29 is 0 Å². The summed E-state index contributed by atoms with van der Waals surface area (Å²) in [4.78, 5) is 9.29. The molecule has 1 saturated carbocycles. The van der Waals surface area contributed by atoms with Crippen LogP contribution in [0.25, 0.3) is 11.3 Å². The molecular weight excluding hydrogens is 364 g/mol. The van der Waals surface area contributed by atoms with Gasteiger partial charge in [0.1, 0.15) is 5.82 Å². The van der Waals surface area contributed by atoms with Gasteiger partial charge in [0.25, 0.3) is 0 Å². The lowest BCUT2D eigenvalue weighted by Gasteiger charge is -2.11. The Morgan fingerprint density at radius 2 is 1.75 bits per heavy atom. The van der Waals surface area contributed by atoms with E-state index in [4.69, 9.17) is 0 Å². The summed E-state index contributed by atoms with van der Waals surface area (Å²) in [5.74, 6) is 1.46. The highest BCUT2D eigenvalue weighted by Gasteiger charge is 2.22. The largest absolute Gasteiger partial charge is 0.351 e. The van der Waals surface area contributed by atoms with Crippen LogP contribution < -0.4 is 10.6 Å². The van der Waals surface area contributed by atoms with Gasteiger partial charge in [-0.25, -0.2) is 4.98 Å². The Bertz CT molecular complexity index is 847. The van der Waals surface area contributed by atoms with E-state index in [1.54, 1.807) is 0 Å². The van der Waals surface area contributed by atoms with E-state index in [0.29, 0.717) is 12.0 Å². The van der Waals surface area contributed by atoms with E-state index in [-0.39, 0.29) is 0 Å². The third-order valence-electron chi connectivity index (χ3n) is 3.80. The molecule has 0 atom stereocenters.